The van der Waals surface area contributed by atoms with Crippen LogP contribution in [0.4, 0.5) is 5.69 Å². The van der Waals surface area contributed by atoms with Gasteiger partial charge in [-0.1, -0.05) is 12.1 Å². The van der Waals surface area contributed by atoms with Gasteiger partial charge >= 0.3 is 0 Å². The number of nitrogens with two attached hydrogens (primary N) is 1. The van der Waals surface area contributed by atoms with Gasteiger partial charge in [0.05, 0.1) is 5.60 Å². The number of carbonyl (C=O) groups is 1. The molecule has 2 rings (SSSR count). The fraction of sp³-hybridized carbons (Fsp3) is 0.533. The van der Waals surface area contributed by atoms with Crippen LogP contribution in [0.1, 0.15) is 31.2 Å². The van der Waals surface area contributed by atoms with Crippen LogP contribution in [0.2, 0.25) is 0 Å². The number of aryl methyl sites for hydroxylation is 1. The van der Waals surface area contributed by atoms with E-state index in [0.717, 1.165) is 11.3 Å². The van der Waals surface area contributed by atoms with E-state index in [1.54, 1.807) is 0 Å². The first kappa shape index (κ1) is 14.0. The van der Waals surface area contributed by atoms with E-state index in [9.17, 15) is 9.90 Å². The molecule has 1 aromatic carbocycles. The zero-order valence-corrected chi connectivity index (χ0v) is 11.4. The van der Waals surface area contributed by atoms with Crippen molar-refractivity contribution in [1.82, 2.24) is 0 Å². The lowest BCUT2D eigenvalue weighted by Gasteiger charge is -2.34. The smallest absolute Gasteiger partial charge is 0.227 e. The minimum atomic E-state index is -0.764. The average molecular weight is 262 g/mol. The molecular weight excluding hydrogens is 240 g/mol. The van der Waals surface area contributed by atoms with E-state index < -0.39 is 5.60 Å². The molecule has 1 aliphatic rings. The van der Waals surface area contributed by atoms with Crippen LogP contribution >= 0.6 is 0 Å². The van der Waals surface area contributed by atoms with Gasteiger partial charge < -0.3 is 16.2 Å². The number of anilines is 1. The predicted octanol–water partition coefficient (Wildman–Crippen LogP) is 1.81. The molecule has 0 unspecified atom stereocenters. The summed E-state index contributed by atoms with van der Waals surface area (Å²) in [6.07, 6.45) is 2.61. The minimum Gasteiger partial charge on any atom is -0.389 e. The van der Waals surface area contributed by atoms with Crippen LogP contribution in [0.5, 0.6) is 0 Å². The molecule has 4 N–H and O–H groups in total. The third-order valence-corrected chi connectivity index (χ3v) is 3.95. The molecule has 1 aromatic rings. The maximum absolute atomic E-state index is 12.2. The Hall–Kier alpha value is -1.39. The Balaban J connectivity index is 1.92. The highest BCUT2D eigenvalue weighted by atomic mass is 16.3. The van der Waals surface area contributed by atoms with Gasteiger partial charge in [0.1, 0.15) is 0 Å². The minimum absolute atomic E-state index is 0.0210. The lowest BCUT2D eigenvalue weighted by Crippen LogP contribution is -2.43. The van der Waals surface area contributed by atoms with Crippen molar-refractivity contribution in [3.8, 4) is 0 Å². The van der Waals surface area contributed by atoms with Gasteiger partial charge in [0.2, 0.25) is 5.91 Å². The number of benzene rings is 1. The van der Waals surface area contributed by atoms with E-state index in [2.05, 4.69) is 5.32 Å². The van der Waals surface area contributed by atoms with Crippen molar-refractivity contribution < 1.29 is 9.90 Å². The zero-order valence-electron chi connectivity index (χ0n) is 11.4. The normalized spacial score (nSPS) is 27.0. The maximum Gasteiger partial charge on any atom is 0.227 e. The summed E-state index contributed by atoms with van der Waals surface area (Å²) in [5.74, 6) is 0.0250. The van der Waals surface area contributed by atoms with Gasteiger partial charge in [0.25, 0.3) is 0 Å². The Morgan fingerprint density at radius 2 is 2.16 bits per heavy atom. The molecule has 4 heteroatoms. The molecule has 0 aromatic heterocycles. The Morgan fingerprint density at radius 3 is 2.74 bits per heavy atom. The Kier molecular flexibility index (Phi) is 4.22. The van der Waals surface area contributed by atoms with Gasteiger partial charge in [0, 0.05) is 18.2 Å². The van der Waals surface area contributed by atoms with Crippen molar-refractivity contribution in [2.24, 2.45) is 11.7 Å². The van der Waals surface area contributed by atoms with E-state index in [0.29, 0.717) is 25.7 Å². The number of rotatable bonds is 3. The van der Waals surface area contributed by atoms with Crippen molar-refractivity contribution in [1.29, 1.82) is 0 Å². The maximum atomic E-state index is 12.2. The van der Waals surface area contributed by atoms with Crippen LogP contribution in [-0.2, 0) is 4.79 Å². The van der Waals surface area contributed by atoms with Gasteiger partial charge in [0.15, 0.2) is 0 Å². The first-order chi connectivity index (χ1) is 9.02. The lowest BCUT2D eigenvalue weighted by molar-refractivity contribution is -0.122. The molecule has 104 valence electrons. The molecule has 0 spiro atoms. The van der Waals surface area contributed by atoms with E-state index in [-0.39, 0.29) is 18.4 Å². The average Bonchev–Trinajstić information content (AvgIpc) is 2.39. The summed E-state index contributed by atoms with van der Waals surface area (Å²) < 4.78 is 0. The molecule has 1 saturated carbocycles. The standard InChI is InChI=1S/C15H22N2O2/c1-11-3-2-4-13(9-11)17-14(18)12-5-7-15(19,10-16)8-6-12/h2-4,9,12,19H,5-8,10,16H2,1H3,(H,17,18). The third kappa shape index (κ3) is 3.55. The first-order valence-corrected chi connectivity index (χ1v) is 6.82. The molecule has 19 heavy (non-hydrogen) atoms. The molecule has 0 bridgehead atoms. The number of amides is 1. The second-order valence-corrected chi connectivity index (χ2v) is 5.56. The van der Waals surface area contributed by atoms with Crippen LogP contribution in [0.15, 0.2) is 24.3 Å². The van der Waals surface area contributed by atoms with Crippen LogP contribution in [-0.4, -0.2) is 23.2 Å². The van der Waals surface area contributed by atoms with E-state index in [4.69, 9.17) is 5.73 Å². The highest BCUT2D eigenvalue weighted by Crippen LogP contribution is 2.32. The topological polar surface area (TPSA) is 75.3 Å². The molecule has 0 radical (unpaired) electrons. The molecule has 1 aliphatic carbocycles. The summed E-state index contributed by atoms with van der Waals surface area (Å²) in [6, 6.07) is 7.78. The van der Waals surface area contributed by atoms with Gasteiger partial charge in [-0.05, 0) is 50.3 Å². The van der Waals surface area contributed by atoms with Gasteiger partial charge in [-0.15, -0.1) is 0 Å². The van der Waals surface area contributed by atoms with Crippen molar-refractivity contribution in [2.45, 2.75) is 38.2 Å². The molecule has 0 atom stereocenters. The van der Waals surface area contributed by atoms with E-state index >= 15 is 0 Å². The largest absolute Gasteiger partial charge is 0.389 e. The van der Waals surface area contributed by atoms with E-state index in [1.165, 1.54) is 0 Å². The van der Waals surface area contributed by atoms with Crippen LogP contribution in [0.25, 0.3) is 0 Å². The van der Waals surface area contributed by atoms with Gasteiger partial charge in [-0.25, -0.2) is 0 Å². The number of nitrogens with one attached hydrogen (secondary N) is 1. The SMILES string of the molecule is Cc1cccc(NC(=O)C2CCC(O)(CN)CC2)c1. The number of hydrogen-bond acceptors (Lipinski definition) is 3. The lowest BCUT2D eigenvalue weighted by atomic mass is 9.78. The number of aliphatic hydroxyl groups is 1. The summed E-state index contributed by atoms with van der Waals surface area (Å²) in [5, 5.41) is 13.0. The molecule has 0 saturated heterocycles. The highest BCUT2D eigenvalue weighted by molar-refractivity contribution is 5.92. The fourth-order valence-corrected chi connectivity index (χ4v) is 2.59. The Labute approximate surface area is 114 Å². The summed E-state index contributed by atoms with van der Waals surface area (Å²) in [5.41, 5.74) is 6.75. The Bertz CT molecular complexity index is 451. The van der Waals surface area contributed by atoms with Crippen molar-refractivity contribution in [3.05, 3.63) is 29.8 Å². The van der Waals surface area contributed by atoms with Crippen LogP contribution in [0, 0.1) is 12.8 Å². The monoisotopic (exact) mass is 262 g/mol. The molecule has 4 nitrogen and oxygen atoms in total. The molecule has 0 heterocycles. The zero-order chi connectivity index (χ0) is 13.9. The highest BCUT2D eigenvalue weighted by Gasteiger charge is 2.34. The van der Waals surface area contributed by atoms with Crippen molar-refractivity contribution in [3.63, 3.8) is 0 Å². The van der Waals surface area contributed by atoms with Crippen molar-refractivity contribution in [2.75, 3.05) is 11.9 Å². The Morgan fingerprint density at radius 1 is 1.47 bits per heavy atom. The molecule has 1 fully saturated rings. The number of carbonyl (C=O) groups excluding carboxylic acids is 1. The molecule has 1 amide bonds. The number of hydrogen-bond donors (Lipinski definition) is 3. The summed E-state index contributed by atoms with van der Waals surface area (Å²) in [6.45, 7) is 2.27. The molecular formula is C15H22N2O2. The molecule has 0 aliphatic heterocycles. The van der Waals surface area contributed by atoms with E-state index in [1.807, 2.05) is 31.2 Å². The first-order valence-electron chi connectivity index (χ1n) is 6.82. The summed E-state index contributed by atoms with van der Waals surface area (Å²) in [7, 11) is 0. The van der Waals surface area contributed by atoms with Crippen LogP contribution in [0.3, 0.4) is 0 Å². The fourth-order valence-electron chi connectivity index (χ4n) is 2.59. The third-order valence-electron chi connectivity index (χ3n) is 3.95. The van der Waals surface area contributed by atoms with Crippen molar-refractivity contribution >= 4 is 11.6 Å². The second kappa shape index (κ2) is 5.72. The van der Waals surface area contributed by atoms with Gasteiger partial charge in [-0.3, -0.25) is 4.79 Å². The van der Waals surface area contributed by atoms with Gasteiger partial charge in [-0.2, -0.15) is 0 Å². The predicted molar refractivity (Wildman–Crippen MR) is 75.8 cm³/mol. The summed E-state index contributed by atoms with van der Waals surface area (Å²) in [4.78, 5) is 12.2. The quantitative estimate of drug-likeness (QED) is 0.777. The van der Waals surface area contributed by atoms with Crippen LogP contribution < -0.4 is 11.1 Å². The second-order valence-electron chi connectivity index (χ2n) is 5.56. The summed E-state index contributed by atoms with van der Waals surface area (Å²) >= 11 is 0.